The van der Waals surface area contributed by atoms with E-state index in [-0.39, 0.29) is 12.0 Å². The summed E-state index contributed by atoms with van der Waals surface area (Å²) in [4.78, 5) is 23.7. The van der Waals surface area contributed by atoms with Gasteiger partial charge < -0.3 is 24.8 Å². The summed E-state index contributed by atoms with van der Waals surface area (Å²) in [7, 11) is 1.53. The van der Waals surface area contributed by atoms with Crippen LogP contribution in [0.3, 0.4) is 0 Å². The highest BCUT2D eigenvalue weighted by Crippen LogP contribution is 2.31. The van der Waals surface area contributed by atoms with Gasteiger partial charge in [0.1, 0.15) is 30.0 Å². The lowest BCUT2D eigenvalue weighted by molar-refractivity contribution is -0.00203. The zero-order chi connectivity index (χ0) is 29.7. The van der Waals surface area contributed by atoms with Crippen LogP contribution >= 0.6 is 0 Å². The van der Waals surface area contributed by atoms with E-state index in [4.69, 9.17) is 9.47 Å². The molecular formula is C29H31N9O4. The van der Waals surface area contributed by atoms with Crippen molar-refractivity contribution in [3.8, 4) is 28.7 Å². The van der Waals surface area contributed by atoms with Crippen molar-refractivity contribution >= 4 is 17.5 Å². The van der Waals surface area contributed by atoms with Crippen LogP contribution in [-0.4, -0.2) is 78.0 Å². The molecule has 2 aromatic carbocycles. The first-order chi connectivity index (χ1) is 20.2. The molecule has 0 spiro atoms. The highest BCUT2D eigenvalue weighted by Gasteiger charge is 2.30. The number of methoxy groups -OCH3 is 1. The molecule has 0 unspecified atom stereocenters. The number of ether oxygens (including phenoxy) is 2. The van der Waals surface area contributed by atoms with Crippen molar-refractivity contribution in [3.05, 3.63) is 66.2 Å². The Morgan fingerprint density at radius 3 is 2.57 bits per heavy atom. The smallest absolute Gasteiger partial charge is 0.253 e. The average Bonchev–Trinajstić information content (AvgIpc) is 3.50. The first kappa shape index (κ1) is 28.4. The Labute approximate surface area is 242 Å². The number of amides is 1. The van der Waals surface area contributed by atoms with Crippen molar-refractivity contribution in [2.24, 2.45) is 0 Å². The number of aliphatic hydroxyl groups is 1. The molecule has 2 aromatic heterocycles. The molecule has 0 aliphatic carbocycles. The third-order valence-corrected chi connectivity index (χ3v) is 7.07. The van der Waals surface area contributed by atoms with E-state index in [0.29, 0.717) is 66.7 Å². The summed E-state index contributed by atoms with van der Waals surface area (Å²) in [5.41, 5.74) is 2.29. The number of hydrogen-bond donors (Lipinski definition) is 2. The van der Waals surface area contributed by atoms with Crippen LogP contribution in [0.5, 0.6) is 11.5 Å². The third-order valence-electron chi connectivity index (χ3n) is 7.07. The molecule has 3 heterocycles. The Bertz CT molecular complexity index is 1570. The first-order valence-electron chi connectivity index (χ1n) is 13.5. The van der Waals surface area contributed by atoms with Crippen molar-refractivity contribution in [2.45, 2.75) is 44.9 Å². The van der Waals surface area contributed by atoms with Crippen LogP contribution < -0.4 is 14.8 Å². The van der Waals surface area contributed by atoms with E-state index < -0.39 is 5.60 Å². The minimum atomic E-state index is -0.732. The summed E-state index contributed by atoms with van der Waals surface area (Å²) < 4.78 is 13.1. The maximum atomic E-state index is 13.0. The van der Waals surface area contributed by atoms with E-state index in [1.165, 1.54) is 13.4 Å². The van der Waals surface area contributed by atoms with Gasteiger partial charge in [-0.15, -0.1) is 5.10 Å². The number of nitrogens with zero attached hydrogens (tertiary/aromatic N) is 8. The number of carbonyl (C=O) groups is 1. The summed E-state index contributed by atoms with van der Waals surface area (Å²) in [6.07, 6.45) is 5.63. The molecule has 1 amide bonds. The Balaban J connectivity index is 1.27. The molecule has 13 heteroatoms. The maximum Gasteiger partial charge on any atom is 0.253 e. The fourth-order valence-corrected chi connectivity index (χ4v) is 4.64. The zero-order valence-electron chi connectivity index (χ0n) is 23.6. The second-order valence-corrected chi connectivity index (χ2v) is 10.4. The fourth-order valence-electron chi connectivity index (χ4n) is 4.64. The average molecular weight is 570 g/mol. The number of benzene rings is 2. The number of carbonyl (C=O) groups excluding carboxylic acids is 1. The van der Waals surface area contributed by atoms with E-state index >= 15 is 0 Å². The highest BCUT2D eigenvalue weighted by molar-refractivity contribution is 5.95. The van der Waals surface area contributed by atoms with Gasteiger partial charge in [0.15, 0.2) is 0 Å². The third kappa shape index (κ3) is 6.61. The minimum absolute atomic E-state index is 0.105. The molecule has 4 aromatic rings. The van der Waals surface area contributed by atoms with E-state index in [9.17, 15) is 15.2 Å². The quantitative estimate of drug-likeness (QED) is 0.304. The van der Waals surface area contributed by atoms with Crippen molar-refractivity contribution < 1.29 is 19.4 Å². The van der Waals surface area contributed by atoms with Gasteiger partial charge in [0.05, 0.1) is 30.5 Å². The molecule has 216 valence electrons. The normalized spacial score (nSPS) is 15.0. The first-order valence-corrected chi connectivity index (χ1v) is 13.5. The van der Waals surface area contributed by atoms with Gasteiger partial charge in [-0.05, 0) is 73.0 Å². The fraction of sp³-hybridized carbons (Fsp3) is 0.345. The Kier molecular flexibility index (Phi) is 8.26. The van der Waals surface area contributed by atoms with Gasteiger partial charge >= 0.3 is 0 Å². The number of aromatic nitrogens is 6. The van der Waals surface area contributed by atoms with Crippen molar-refractivity contribution in [2.75, 3.05) is 25.5 Å². The molecule has 1 aliphatic heterocycles. The van der Waals surface area contributed by atoms with Crippen LogP contribution in [0.2, 0.25) is 0 Å². The number of anilines is 2. The number of nitriles is 1. The summed E-state index contributed by atoms with van der Waals surface area (Å²) in [5.74, 6) is 1.15. The summed E-state index contributed by atoms with van der Waals surface area (Å²) in [6.45, 7) is 5.09. The van der Waals surface area contributed by atoms with Gasteiger partial charge in [0.25, 0.3) is 5.91 Å². The Morgan fingerprint density at radius 1 is 1.14 bits per heavy atom. The lowest BCUT2D eigenvalue weighted by Crippen LogP contribution is -2.45. The second-order valence-electron chi connectivity index (χ2n) is 10.4. The molecule has 1 atom stereocenters. The molecule has 42 heavy (non-hydrogen) atoms. The molecular weight excluding hydrogens is 538 g/mol. The SMILES string of the molecule is COc1cc(C(=O)N2CCC(C)(O)CC2)ccc1Nc1ncc(-c2ccc(C#N)c(O[C@@H](C)Cn3cnnn3)c2)cn1. The van der Waals surface area contributed by atoms with Gasteiger partial charge in [0, 0.05) is 36.6 Å². The van der Waals surface area contributed by atoms with Crippen LogP contribution in [0.25, 0.3) is 11.1 Å². The molecule has 1 aliphatic rings. The van der Waals surface area contributed by atoms with Crippen molar-refractivity contribution in [3.63, 3.8) is 0 Å². The summed E-state index contributed by atoms with van der Waals surface area (Å²) in [6, 6.07) is 12.6. The van der Waals surface area contributed by atoms with E-state index in [1.54, 1.807) is 59.2 Å². The summed E-state index contributed by atoms with van der Waals surface area (Å²) in [5, 5.41) is 34.0. The standard InChI is InChI=1S/C29H31N9O4/c1-19(17-38-18-33-35-36-38)42-25-12-20(4-5-22(25)14-30)23-15-31-28(32-16-23)34-24-7-6-21(13-26(24)41-3)27(39)37-10-8-29(2,40)9-11-37/h4-7,12-13,15-16,18-19,40H,8-11,17H2,1-3H3,(H,31,32,34)/t19-/m0/s1. The molecule has 1 saturated heterocycles. The van der Waals surface area contributed by atoms with Gasteiger partial charge in [-0.3, -0.25) is 4.79 Å². The number of piperidine rings is 1. The number of rotatable bonds is 9. The summed E-state index contributed by atoms with van der Waals surface area (Å²) >= 11 is 0. The topological polar surface area (TPSA) is 164 Å². The van der Waals surface area contributed by atoms with Crippen molar-refractivity contribution in [1.82, 2.24) is 35.1 Å². The Morgan fingerprint density at radius 2 is 1.90 bits per heavy atom. The minimum Gasteiger partial charge on any atom is -0.495 e. The molecule has 2 N–H and O–H groups in total. The predicted molar refractivity (Wildman–Crippen MR) is 152 cm³/mol. The molecule has 5 rings (SSSR count). The van der Waals surface area contributed by atoms with Crippen LogP contribution in [0.4, 0.5) is 11.6 Å². The van der Waals surface area contributed by atoms with Gasteiger partial charge in [-0.1, -0.05) is 6.07 Å². The maximum absolute atomic E-state index is 13.0. The van der Waals surface area contributed by atoms with E-state index in [1.807, 2.05) is 13.0 Å². The largest absolute Gasteiger partial charge is 0.495 e. The number of likely N-dealkylation sites (tertiary alicyclic amines) is 1. The van der Waals surface area contributed by atoms with Gasteiger partial charge in [-0.25, -0.2) is 14.6 Å². The second kappa shape index (κ2) is 12.2. The lowest BCUT2D eigenvalue weighted by atomic mass is 9.93. The van der Waals surface area contributed by atoms with Crippen LogP contribution in [-0.2, 0) is 6.54 Å². The monoisotopic (exact) mass is 569 g/mol. The Hall–Kier alpha value is -5.09. The van der Waals surface area contributed by atoms with E-state index in [2.05, 4.69) is 36.9 Å². The zero-order valence-corrected chi connectivity index (χ0v) is 23.6. The number of tetrazole rings is 1. The number of nitrogens with one attached hydrogen (secondary N) is 1. The van der Waals surface area contributed by atoms with Crippen LogP contribution in [0.15, 0.2) is 55.1 Å². The highest BCUT2D eigenvalue weighted by atomic mass is 16.5. The van der Waals surface area contributed by atoms with Crippen molar-refractivity contribution in [1.29, 1.82) is 5.26 Å². The molecule has 0 saturated carbocycles. The van der Waals surface area contributed by atoms with Crippen LogP contribution in [0.1, 0.15) is 42.6 Å². The molecule has 1 fully saturated rings. The molecule has 0 bridgehead atoms. The molecule has 13 nitrogen and oxygen atoms in total. The predicted octanol–water partition coefficient (Wildman–Crippen LogP) is 3.21. The lowest BCUT2D eigenvalue weighted by Gasteiger charge is -2.35. The number of hydrogen-bond acceptors (Lipinski definition) is 11. The van der Waals surface area contributed by atoms with Gasteiger partial charge in [-0.2, -0.15) is 5.26 Å². The van der Waals surface area contributed by atoms with E-state index in [0.717, 1.165) is 11.1 Å². The van der Waals surface area contributed by atoms with Crippen LogP contribution in [0, 0.1) is 11.3 Å². The molecule has 0 radical (unpaired) electrons. The van der Waals surface area contributed by atoms with Gasteiger partial charge in [0.2, 0.25) is 5.95 Å².